The fraction of sp³-hybridized carbons (Fsp3) is 0.960. The number of nitrogens with one attached hydrogen (secondary N) is 2. The van der Waals surface area contributed by atoms with Crippen LogP contribution < -0.4 is 33.6 Å². The molecule has 0 aromatic heterocycles. The van der Waals surface area contributed by atoms with Crippen molar-refractivity contribution in [1.29, 1.82) is 0 Å². The quantitative estimate of drug-likeness (QED) is 0.0814. The van der Waals surface area contributed by atoms with Gasteiger partial charge >= 0.3 is 0 Å². The van der Waals surface area contributed by atoms with Gasteiger partial charge in [-0.2, -0.15) is 0 Å². The summed E-state index contributed by atoms with van der Waals surface area (Å²) in [6, 6.07) is -3.59. The van der Waals surface area contributed by atoms with Crippen LogP contribution in [0.3, 0.4) is 0 Å². The van der Waals surface area contributed by atoms with Crippen LogP contribution in [0.2, 0.25) is 0 Å². The first-order chi connectivity index (χ1) is 20.0. The molecule has 14 atom stereocenters. The molecule has 17 heteroatoms. The van der Waals surface area contributed by atoms with Crippen molar-refractivity contribution in [3.8, 4) is 0 Å². The van der Waals surface area contributed by atoms with Crippen molar-refractivity contribution < 1.29 is 54.4 Å². The first kappa shape index (κ1) is 35.4. The van der Waals surface area contributed by atoms with E-state index in [4.69, 9.17) is 47.0 Å². The Bertz CT molecular complexity index is 819. The number of amides is 1. The predicted molar refractivity (Wildman–Crippen MR) is 146 cm³/mol. The van der Waals surface area contributed by atoms with Crippen molar-refractivity contribution in [1.82, 2.24) is 10.6 Å². The summed E-state index contributed by atoms with van der Waals surface area (Å²) in [6.07, 6.45) is -10.3. The number of hydrogen-bond acceptors (Lipinski definition) is 16. The number of ether oxygens (including phenoxy) is 4. The van der Waals surface area contributed by atoms with Gasteiger partial charge in [-0.05, 0) is 45.2 Å². The van der Waals surface area contributed by atoms with Crippen molar-refractivity contribution in [2.45, 2.75) is 118 Å². The molecule has 0 radical (unpaired) electrons. The van der Waals surface area contributed by atoms with Crippen molar-refractivity contribution in [3.05, 3.63) is 0 Å². The van der Waals surface area contributed by atoms with Gasteiger partial charge in [0.1, 0.15) is 42.7 Å². The van der Waals surface area contributed by atoms with Gasteiger partial charge in [0.05, 0.1) is 30.8 Å². The molecule has 1 aliphatic carbocycles. The first-order valence-corrected chi connectivity index (χ1v) is 14.6. The largest absolute Gasteiger partial charge is 0.396 e. The maximum atomic E-state index is 12.7. The Hall–Kier alpha value is -1.13. The van der Waals surface area contributed by atoms with Crippen LogP contribution in [0.1, 0.15) is 32.1 Å². The van der Waals surface area contributed by atoms with Crippen LogP contribution in [0.25, 0.3) is 0 Å². The van der Waals surface area contributed by atoms with Gasteiger partial charge in [-0.25, -0.2) is 0 Å². The van der Waals surface area contributed by atoms with E-state index in [9.17, 15) is 30.3 Å². The molecule has 1 unspecified atom stereocenters. The topological polar surface area (TPSA) is 304 Å². The average molecular weight is 611 g/mol. The molecule has 2 aliphatic heterocycles. The minimum absolute atomic E-state index is 0.00722. The fourth-order valence-corrected chi connectivity index (χ4v) is 5.47. The molecule has 1 saturated carbocycles. The van der Waals surface area contributed by atoms with E-state index in [1.54, 1.807) is 0 Å². The molecule has 0 aromatic rings. The van der Waals surface area contributed by atoms with E-state index in [2.05, 4.69) is 10.6 Å². The lowest BCUT2D eigenvalue weighted by Gasteiger charge is -2.48. The standard InChI is InChI=1S/C25H50N6O11/c26-5-4-15(34)23(38)31-14-8-13(28)21(41-24-12(27)3-2-11(39-24)9-30-6-1-7-32)20(37)22(14)42-25-19(36)17(29)18(35)16(10-33)40-25/h11-22,24-25,30,32-37H,1-10,26-29H2,(H,31,38)/t11-,12+,13-,14+,15-,16+,17-,18+,19+,20-,21?,22-,24+,25+/m0/s1. The van der Waals surface area contributed by atoms with Gasteiger partial charge in [0, 0.05) is 19.2 Å². The minimum atomic E-state index is -1.56. The number of aliphatic hydroxyl groups excluding tert-OH is 6. The maximum absolute atomic E-state index is 12.7. The minimum Gasteiger partial charge on any atom is -0.396 e. The van der Waals surface area contributed by atoms with Crippen LogP contribution in [0.5, 0.6) is 0 Å². The third kappa shape index (κ3) is 8.96. The lowest BCUT2D eigenvalue weighted by molar-refractivity contribution is -0.314. The lowest BCUT2D eigenvalue weighted by Crippen LogP contribution is -2.69. The van der Waals surface area contributed by atoms with Crippen LogP contribution in [-0.4, -0.2) is 155 Å². The zero-order chi connectivity index (χ0) is 31.0. The molecule has 1 amide bonds. The van der Waals surface area contributed by atoms with E-state index in [1.807, 2.05) is 0 Å². The van der Waals surface area contributed by atoms with Gasteiger partial charge in [0.2, 0.25) is 5.91 Å². The van der Waals surface area contributed by atoms with Gasteiger partial charge in [-0.1, -0.05) is 0 Å². The zero-order valence-electron chi connectivity index (χ0n) is 23.7. The van der Waals surface area contributed by atoms with E-state index in [-0.39, 0.29) is 32.1 Å². The molecular formula is C25H50N6O11. The maximum Gasteiger partial charge on any atom is 0.249 e. The van der Waals surface area contributed by atoms with Crippen molar-refractivity contribution in [3.63, 3.8) is 0 Å². The highest BCUT2D eigenvalue weighted by Crippen LogP contribution is 2.31. The summed E-state index contributed by atoms with van der Waals surface area (Å²) in [6.45, 7) is 0.621. The van der Waals surface area contributed by atoms with Gasteiger partial charge in [-0.3, -0.25) is 4.79 Å². The Morgan fingerprint density at radius 3 is 2.33 bits per heavy atom. The summed E-state index contributed by atoms with van der Waals surface area (Å²) < 4.78 is 23.7. The van der Waals surface area contributed by atoms with E-state index < -0.39 is 92.0 Å². The molecule has 0 aromatic carbocycles. The summed E-state index contributed by atoms with van der Waals surface area (Å²) in [5.41, 5.74) is 24.1. The second-order valence-electron chi connectivity index (χ2n) is 11.2. The number of hydrogen-bond donors (Lipinski definition) is 12. The molecule has 3 fully saturated rings. The summed E-state index contributed by atoms with van der Waals surface area (Å²) in [5, 5.41) is 66.9. The monoisotopic (exact) mass is 610 g/mol. The van der Waals surface area contributed by atoms with Crippen LogP contribution >= 0.6 is 0 Å². The molecule has 2 heterocycles. The van der Waals surface area contributed by atoms with Crippen molar-refractivity contribution in [2.24, 2.45) is 22.9 Å². The Morgan fingerprint density at radius 2 is 1.67 bits per heavy atom. The van der Waals surface area contributed by atoms with E-state index in [0.717, 1.165) is 0 Å². The molecule has 3 aliphatic rings. The van der Waals surface area contributed by atoms with Crippen LogP contribution in [0.4, 0.5) is 0 Å². The third-order valence-corrected chi connectivity index (χ3v) is 7.99. The van der Waals surface area contributed by atoms with E-state index in [0.29, 0.717) is 32.4 Å². The lowest BCUT2D eigenvalue weighted by atomic mass is 9.83. The number of nitrogens with two attached hydrogens (primary N) is 4. The molecule has 16 N–H and O–H groups in total. The first-order valence-electron chi connectivity index (χ1n) is 14.6. The van der Waals surface area contributed by atoms with Crippen LogP contribution in [0, 0.1) is 0 Å². The zero-order valence-corrected chi connectivity index (χ0v) is 23.7. The summed E-state index contributed by atoms with van der Waals surface area (Å²) in [4.78, 5) is 12.7. The molecule has 0 bridgehead atoms. The Morgan fingerprint density at radius 1 is 0.952 bits per heavy atom. The normalized spacial score (nSPS) is 41.8. The Kier molecular flexibility index (Phi) is 14.1. The predicted octanol–water partition coefficient (Wildman–Crippen LogP) is -6.39. The Balaban J connectivity index is 1.77. The van der Waals surface area contributed by atoms with Gasteiger partial charge in [-0.15, -0.1) is 0 Å². The highest BCUT2D eigenvalue weighted by atomic mass is 16.7. The van der Waals surface area contributed by atoms with Crippen molar-refractivity contribution >= 4 is 5.91 Å². The Labute approximate surface area is 244 Å². The van der Waals surface area contributed by atoms with Crippen LogP contribution in [-0.2, 0) is 23.7 Å². The average Bonchev–Trinajstić information content (AvgIpc) is 2.96. The second kappa shape index (κ2) is 16.8. The fourth-order valence-electron chi connectivity index (χ4n) is 5.47. The van der Waals surface area contributed by atoms with E-state index >= 15 is 0 Å². The second-order valence-corrected chi connectivity index (χ2v) is 11.2. The molecule has 246 valence electrons. The van der Waals surface area contributed by atoms with Crippen molar-refractivity contribution in [2.75, 3.05) is 32.8 Å². The molecule has 42 heavy (non-hydrogen) atoms. The molecule has 17 nitrogen and oxygen atoms in total. The number of rotatable bonds is 14. The van der Waals surface area contributed by atoms with Crippen LogP contribution in [0.15, 0.2) is 0 Å². The van der Waals surface area contributed by atoms with Gasteiger partial charge in [0.25, 0.3) is 0 Å². The highest BCUT2D eigenvalue weighted by Gasteiger charge is 2.51. The number of carbonyl (C=O) groups excluding carboxylic acids is 1. The molecule has 0 spiro atoms. The molecule has 3 rings (SSSR count). The number of aliphatic hydroxyl groups is 6. The third-order valence-electron chi connectivity index (χ3n) is 7.99. The summed E-state index contributed by atoms with van der Waals surface area (Å²) in [5.74, 6) is -0.766. The van der Waals surface area contributed by atoms with Gasteiger partial charge in [0.15, 0.2) is 12.6 Å². The summed E-state index contributed by atoms with van der Waals surface area (Å²) >= 11 is 0. The smallest absolute Gasteiger partial charge is 0.249 e. The molecular weight excluding hydrogens is 560 g/mol. The van der Waals surface area contributed by atoms with Gasteiger partial charge < -0.3 is 83.2 Å². The molecule has 2 saturated heterocycles. The highest BCUT2D eigenvalue weighted by molar-refractivity contribution is 5.80. The van der Waals surface area contributed by atoms with E-state index in [1.165, 1.54) is 0 Å². The number of carbonyl (C=O) groups is 1. The SMILES string of the molecule is NCC[C@H](O)C(=O)N[C@@H]1C[C@H](N)C(O[C@H]2O[C@H](CNCCCO)CC[C@H]2N)[C@H](O)[C@H]1O[C@H]1O[C@H](CO)[C@@H](O)[C@H](N)[C@H]1O. The summed E-state index contributed by atoms with van der Waals surface area (Å²) in [7, 11) is 0.